The first-order valence-electron chi connectivity index (χ1n) is 6.11. The van der Waals surface area contributed by atoms with E-state index < -0.39 is 0 Å². The molecule has 2 atom stereocenters. The standard InChI is InChI=1S/C16H18/c1-16(2)14-8-9-15(16)13(11-14)10-12-6-4-3-5-7-12/h3-9,11,14-15H,10H2,1-2H3/t14-,15+/m1/s1. The first-order valence-corrected chi connectivity index (χ1v) is 6.11. The summed E-state index contributed by atoms with van der Waals surface area (Å²) in [4.78, 5) is 0. The summed E-state index contributed by atoms with van der Waals surface area (Å²) in [5, 5.41) is 0. The molecule has 0 aliphatic heterocycles. The molecule has 0 nitrogen and oxygen atoms in total. The van der Waals surface area contributed by atoms with E-state index >= 15 is 0 Å². The molecular formula is C16H18. The zero-order valence-corrected chi connectivity index (χ0v) is 9.98. The number of rotatable bonds is 2. The van der Waals surface area contributed by atoms with E-state index in [0.717, 1.165) is 6.42 Å². The summed E-state index contributed by atoms with van der Waals surface area (Å²) in [7, 11) is 0. The molecule has 1 aromatic rings. The Labute approximate surface area is 97.7 Å². The van der Waals surface area contributed by atoms with Gasteiger partial charge in [0.05, 0.1) is 0 Å². The second-order valence-electron chi connectivity index (χ2n) is 5.61. The van der Waals surface area contributed by atoms with E-state index in [2.05, 4.69) is 62.4 Å². The Bertz CT molecular complexity index is 448. The van der Waals surface area contributed by atoms with Crippen molar-refractivity contribution >= 4 is 0 Å². The molecule has 0 N–H and O–H groups in total. The van der Waals surface area contributed by atoms with Gasteiger partial charge in [-0.05, 0) is 17.4 Å². The topological polar surface area (TPSA) is 0 Å². The number of allylic oxidation sites excluding steroid dienone is 4. The highest BCUT2D eigenvalue weighted by atomic mass is 14.5. The van der Waals surface area contributed by atoms with Crippen LogP contribution in [0.2, 0.25) is 0 Å². The highest BCUT2D eigenvalue weighted by Gasteiger charge is 2.44. The van der Waals surface area contributed by atoms with Gasteiger partial charge >= 0.3 is 0 Å². The van der Waals surface area contributed by atoms with E-state index in [1.54, 1.807) is 5.57 Å². The van der Waals surface area contributed by atoms with Gasteiger partial charge in [0.2, 0.25) is 0 Å². The van der Waals surface area contributed by atoms with Gasteiger partial charge in [-0.25, -0.2) is 0 Å². The van der Waals surface area contributed by atoms with Crippen molar-refractivity contribution in [1.82, 2.24) is 0 Å². The van der Waals surface area contributed by atoms with Gasteiger partial charge in [0.1, 0.15) is 0 Å². The molecule has 3 rings (SSSR count). The van der Waals surface area contributed by atoms with Gasteiger partial charge in [0.25, 0.3) is 0 Å². The van der Waals surface area contributed by atoms with Crippen LogP contribution in [0, 0.1) is 17.3 Å². The fourth-order valence-corrected chi connectivity index (χ4v) is 3.14. The largest absolute Gasteiger partial charge is 0.0804 e. The Hall–Kier alpha value is -1.30. The van der Waals surface area contributed by atoms with E-state index in [-0.39, 0.29) is 0 Å². The lowest BCUT2D eigenvalue weighted by atomic mass is 9.78. The van der Waals surface area contributed by atoms with Crippen LogP contribution in [-0.4, -0.2) is 0 Å². The molecule has 0 radical (unpaired) electrons. The molecule has 0 heterocycles. The van der Waals surface area contributed by atoms with Crippen molar-refractivity contribution in [2.75, 3.05) is 0 Å². The Morgan fingerprint density at radius 2 is 1.81 bits per heavy atom. The van der Waals surface area contributed by atoms with Crippen molar-refractivity contribution in [3.63, 3.8) is 0 Å². The Morgan fingerprint density at radius 3 is 2.38 bits per heavy atom. The first kappa shape index (κ1) is 9.89. The molecule has 0 saturated carbocycles. The molecule has 2 bridgehead atoms. The normalized spacial score (nSPS) is 29.5. The zero-order chi connectivity index (χ0) is 11.2. The molecule has 2 aliphatic rings. The molecule has 82 valence electrons. The van der Waals surface area contributed by atoms with Crippen LogP contribution in [0.15, 0.2) is 54.1 Å². The summed E-state index contributed by atoms with van der Waals surface area (Å²) in [6.07, 6.45) is 8.38. The third-order valence-corrected chi connectivity index (χ3v) is 4.22. The Kier molecular flexibility index (Phi) is 2.07. The van der Waals surface area contributed by atoms with Gasteiger partial charge in [-0.2, -0.15) is 0 Å². The van der Waals surface area contributed by atoms with Crippen molar-refractivity contribution in [3.05, 3.63) is 59.7 Å². The first-order chi connectivity index (χ1) is 7.68. The van der Waals surface area contributed by atoms with Crippen LogP contribution >= 0.6 is 0 Å². The highest BCUT2D eigenvalue weighted by Crippen LogP contribution is 2.53. The van der Waals surface area contributed by atoms with Crippen molar-refractivity contribution in [3.8, 4) is 0 Å². The minimum absolute atomic E-state index is 0.421. The number of hydrogen-bond donors (Lipinski definition) is 0. The quantitative estimate of drug-likeness (QED) is 0.647. The van der Waals surface area contributed by atoms with Crippen molar-refractivity contribution in [1.29, 1.82) is 0 Å². The van der Waals surface area contributed by atoms with E-state index in [1.807, 2.05) is 0 Å². The Balaban J connectivity index is 1.83. The van der Waals surface area contributed by atoms with Crippen LogP contribution in [0.5, 0.6) is 0 Å². The molecule has 0 unspecified atom stereocenters. The minimum atomic E-state index is 0.421. The number of fused-ring (bicyclic) bond motifs is 2. The van der Waals surface area contributed by atoms with Gasteiger partial charge in [-0.15, -0.1) is 0 Å². The number of benzene rings is 1. The predicted molar refractivity (Wildman–Crippen MR) is 68.1 cm³/mol. The maximum atomic E-state index is 2.48. The Morgan fingerprint density at radius 1 is 1.06 bits per heavy atom. The van der Waals surface area contributed by atoms with E-state index in [0.29, 0.717) is 17.3 Å². The molecule has 0 saturated heterocycles. The predicted octanol–water partition coefficient (Wildman–Crippen LogP) is 4.00. The van der Waals surface area contributed by atoms with Gasteiger partial charge < -0.3 is 0 Å². The van der Waals surface area contributed by atoms with Crippen molar-refractivity contribution in [2.45, 2.75) is 20.3 Å². The van der Waals surface area contributed by atoms with Crippen molar-refractivity contribution in [2.24, 2.45) is 17.3 Å². The SMILES string of the molecule is CC1(C)[C@@H]2C=C[C@H]1C(Cc1ccccc1)=C2. The van der Waals surface area contributed by atoms with Crippen molar-refractivity contribution < 1.29 is 0 Å². The molecular weight excluding hydrogens is 192 g/mol. The van der Waals surface area contributed by atoms with E-state index in [1.165, 1.54) is 5.56 Å². The summed E-state index contributed by atoms with van der Waals surface area (Å²) < 4.78 is 0. The molecule has 0 fully saturated rings. The maximum Gasteiger partial charge on any atom is 0.00403 e. The zero-order valence-electron chi connectivity index (χ0n) is 9.98. The molecule has 0 amide bonds. The fourth-order valence-electron chi connectivity index (χ4n) is 3.14. The second-order valence-corrected chi connectivity index (χ2v) is 5.61. The van der Waals surface area contributed by atoms with Gasteiger partial charge in [0, 0.05) is 11.8 Å². The second kappa shape index (κ2) is 3.35. The lowest BCUT2D eigenvalue weighted by Crippen LogP contribution is -2.20. The summed E-state index contributed by atoms with van der Waals surface area (Å²) in [6.45, 7) is 4.77. The van der Waals surface area contributed by atoms with Crippen LogP contribution < -0.4 is 0 Å². The molecule has 2 aliphatic carbocycles. The molecule has 0 heteroatoms. The third kappa shape index (κ3) is 1.36. The summed E-state index contributed by atoms with van der Waals surface area (Å²) in [5.41, 5.74) is 3.47. The molecule has 16 heavy (non-hydrogen) atoms. The molecule has 1 aromatic carbocycles. The third-order valence-electron chi connectivity index (χ3n) is 4.22. The van der Waals surface area contributed by atoms with Gasteiger partial charge in [-0.1, -0.05) is 68.0 Å². The average molecular weight is 210 g/mol. The van der Waals surface area contributed by atoms with Crippen LogP contribution in [0.1, 0.15) is 19.4 Å². The van der Waals surface area contributed by atoms with Gasteiger partial charge in [0.15, 0.2) is 0 Å². The highest BCUT2D eigenvalue weighted by molar-refractivity contribution is 5.38. The van der Waals surface area contributed by atoms with Gasteiger partial charge in [-0.3, -0.25) is 0 Å². The van der Waals surface area contributed by atoms with E-state index in [4.69, 9.17) is 0 Å². The summed E-state index contributed by atoms with van der Waals surface area (Å²) in [5.74, 6) is 1.33. The van der Waals surface area contributed by atoms with Crippen LogP contribution in [0.3, 0.4) is 0 Å². The van der Waals surface area contributed by atoms with Crippen LogP contribution in [0.25, 0.3) is 0 Å². The van der Waals surface area contributed by atoms with E-state index in [9.17, 15) is 0 Å². The minimum Gasteiger partial charge on any atom is -0.0804 e. The fraction of sp³-hybridized carbons (Fsp3) is 0.375. The monoisotopic (exact) mass is 210 g/mol. The lowest BCUT2D eigenvalue weighted by molar-refractivity contribution is 0.291. The molecule has 0 aromatic heterocycles. The molecule has 0 spiro atoms. The van der Waals surface area contributed by atoms with Crippen LogP contribution in [-0.2, 0) is 6.42 Å². The lowest BCUT2D eigenvalue weighted by Gasteiger charge is -2.26. The summed E-state index contributed by atoms with van der Waals surface area (Å²) in [6, 6.07) is 10.8. The average Bonchev–Trinajstić information content (AvgIpc) is 2.68. The summed E-state index contributed by atoms with van der Waals surface area (Å²) >= 11 is 0. The smallest absolute Gasteiger partial charge is 0.00403 e. The number of hydrogen-bond acceptors (Lipinski definition) is 0. The maximum absolute atomic E-state index is 2.48. The van der Waals surface area contributed by atoms with Crippen LogP contribution in [0.4, 0.5) is 0 Å².